The molecule has 1 aromatic heterocycles. The van der Waals surface area contributed by atoms with Gasteiger partial charge in [0.25, 0.3) is 0 Å². The molecule has 2 aliphatic rings. The van der Waals surface area contributed by atoms with Crippen LogP contribution in [0.25, 0.3) is 0 Å². The summed E-state index contributed by atoms with van der Waals surface area (Å²) < 4.78 is 5.59. The van der Waals surface area contributed by atoms with Crippen LogP contribution in [0.5, 0.6) is 0 Å². The van der Waals surface area contributed by atoms with Gasteiger partial charge < -0.3 is 14.7 Å². The van der Waals surface area contributed by atoms with E-state index in [-0.39, 0.29) is 12.0 Å². The Bertz CT molecular complexity index is 480. The predicted molar refractivity (Wildman–Crippen MR) is 81.4 cm³/mol. The Hall–Kier alpha value is -1.20. The highest BCUT2D eigenvalue weighted by molar-refractivity contribution is 5.41. The number of aromatic nitrogens is 2. The summed E-state index contributed by atoms with van der Waals surface area (Å²) >= 11 is 0. The Kier molecular flexibility index (Phi) is 4.40. The van der Waals surface area contributed by atoms with Gasteiger partial charge in [0.2, 0.25) is 0 Å². The van der Waals surface area contributed by atoms with Gasteiger partial charge >= 0.3 is 0 Å². The van der Waals surface area contributed by atoms with E-state index < -0.39 is 0 Å². The fourth-order valence-electron chi connectivity index (χ4n) is 3.44. The molecule has 1 aromatic rings. The van der Waals surface area contributed by atoms with Crippen molar-refractivity contribution in [1.82, 2.24) is 9.97 Å². The molecule has 116 valence electrons. The van der Waals surface area contributed by atoms with Crippen LogP contribution in [-0.2, 0) is 4.74 Å². The smallest absolute Gasteiger partial charge is 0.133 e. The molecule has 0 aromatic carbocycles. The number of hydrogen-bond donors (Lipinski definition) is 1. The molecular weight excluding hydrogens is 266 g/mol. The first-order chi connectivity index (χ1) is 10.2. The minimum absolute atomic E-state index is 0.193. The van der Waals surface area contributed by atoms with Crippen molar-refractivity contribution in [2.24, 2.45) is 5.92 Å². The second-order valence-corrected chi connectivity index (χ2v) is 6.43. The number of aliphatic hydroxyl groups excluding tert-OH is 1. The highest BCUT2D eigenvalue weighted by Gasteiger charge is 2.38. The van der Waals surface area contributed by atoms with Crippen molar-refractivity contribution >= 4 is 5.82 Å². The number of rotatable bonds is 3. The predicted octanol–water partition coefficient (Wildman–Crippen LogP) is 1.97. The molecule has 3 unspecified atom stereocenters. The monoisotopic (exact) mass is 291 g/mol. The lowest BCUT2D eigenvalue weighted by atomic mass is 9.89. The second-order valence-electron chi connectivity index (χ2n) is 6.43. The summed E-state index contributed by atoms with van der Waals surface area (Å²) in [5.74, 6) is 2.40. The molecule has 0 spiro atoms. The van der Waals surface area contributed by atoms with Gasteiger partial charge in [0.15, 0.2) is 0 Å². The minimum Gasteiger partial charge on any atom is -0.393 e. The van der Waals surface area contributed by atoms with E-state index in [1.807, 2.05) is 12.3 Å². The van der Waals surface area contributed by atoms with E-state index in [2.05, 4.69) is 23.7 Å². The summed E-state index contributed by atoms with van der Waals surface area (Å²) in [6, 6.07) is 2.32. The number of hydrogen-bond acceptors (Lipinski definition) is 5. The third-order valence-corrected chi connectivity index (χ3v) is 4.63. The highest BCUT2D eigenvalue weighted by atomic mass is 16.5. The lowest BCUT2D eigenvalue weighted by molar-refractivity contribution is -0.0438. The zero-order valence-corrected chi connectivity index (χ0v) is 12.9. The van der Waals surface area contributed by atoms with Gasteiger partial charge in [0.1, 0.15) is 11.6 Å². The van der Waals surface area contributed by atoms with Crippen molar-refractivity contribution in [3.63, 3.8) is 0 Å². The second kappa shape index (κ2) is 6.28. The molecule has 0 amide bonds. The van der Waals surface area contributed by atoms with E-state index >= 15 is 0 Å². The van der Waals surface area contributed by atoms with Crippen LogP contribution in [0.3, 0.4) is 0 Å². The molecule has 1 N–H and O–H groups in total. The van der Waals surface area contributed by atoms with E-state index in [1.165, 1.54) is 0 Å². The molecule has 0 radical (unpaired) electrons. The maximum Gasteiger partial charge on any atom is 0.133 e. The molecule has 3 atom stereocenters. The van der Waals surface area contributed by atoms with Crippen LogP contribution in [0.4, 0.5) is 5.82 Å². The molecule has 21 heavy (non-hydrogen) atoms. The van der Waals surface area contributed by atoms with E-state index in [4.69, 9.17) is 9.72 Å². The van der Waals surface area contributed by atoms with E-state index in [9.17, 15) is 5.11 Å². The lowest BCUT2D eigenvalue weighted by Crippen LogP contribution is -2.46. The Labute approximate surface area is 126 Å². The normalized spacial score (nSPS) is 30.1. The van der Waals surface area contributed by atoms with Gasteiger partial charge in [0.05, 0.1) is 12.7 Å². The lowest BCUT2D eigenvalue weighted by Gasteiger charge is -2.37. The first-order valence-electron chi connectivity index (χ1n) is 8.02. The zero-order chi connectivity index (χ0) is 14.8. The van der Waals surface area contributed by atoms with Crippen LogP contribution in [-0.4, -0.2) is 47.0 Å². The van der Waals surface area contributed by atoms with E-state index in [0.29, 0.717) is 25.2 Å². The molecule has 5 heteroatoms. The summed E-state index contributed by atoms with van der Waals surface area (Å²) in [4.78, 5) is 11.4. The van der Waals surface area contributed by atoms with Crippen molar-refractivity contribution in [1.29, 1.82) is 0 Å². The fraction of sp³-hybridized carbons (Fsp3) is 0.750. The summed E-state index contributed by atoms with van der Waals surface area (Å²) in [7, 11) is 0. The quantitative estimate of drug-likeness (QED) is 0.922. The van der Waals surface area contributed by atoms with Crippen LogP contribution >= 0.6 is 0 Å². The number of ether oxygens (including phenoxy) is 1. The molecule has 0 saturated carbocycles. The maximum absolute atomic E-state index is 10.3. The van der Waals surface area contributed by atoms with Crippen LogP contribution in [0.15, 0.2) is 12.3 Å². The average Bonchev–Trinajstić information content (AvgIpc) is 2.97. The first-order valence-corrected chi connectivity index (χ1v) is 8.02. The van der Waals surface area contributed by atoms with Gasteiger partial charge in [-0.15, -0.1) is 0 Å². The van der Waals surface area contributed by atoms with Gasteiger partial charge in [-0.1, -0.05) is 13.8 Å². The van der Waals surface area contributed by atoms with Crippen molar-refractivity contribution in [3.05, 3.63) is 18.1 Å². The van der Waals surface area contributed by atoms with Crippen molar-refractivity contribution in [3.8, 4) is 0 Å². The Balaban J connectivity index is 1.81. The largest absolute Gasteiger partial charge is 0.393 e. The van der Waals surface area contributed by atoms with Crippen molar-refractivity contribution in [2.75, 3.05) is 24.7 Å². The molecule has 3 heterocycles. The Morgan fingerprint density at radius 3 is 3.00 bits per heavy atom. The summed E-state index contributed by atoms with van der Waals surface area (Å²) in [6.07, 6.45) is 4.59. The highest BCUT2D eigenvalue weighted by Crippen LogP contribution is 2.32. The molecule has 2 fully saturated rings. The standard InChI is InChI=1S/C16H25N3O2/c1-11(2)16-17-7-5-15(18-16)19-8-3-4-13(19)12-10-21-9-6-14(12)20/h5,7,11-14,20H,3-4,6,8-10H2,1-2H3. The van der Waals surface area contributed by atoms with E-state index in [0.717, 1.165) is 37.4 Å². The van der Waals surface area contributed by atoms with Gasteiger partial charge in [-0.25, -0.2) is 9.97 Å². The molecule has 3 rings (SSSR count). The van der Waals surface area contributed by atoms with Gasteiger partial charge in [0, 0.05) is 37.2 Å². The van der Waals surface area contributed by atoms with Gasteiger partial charge in [-0.3, -0.25) is 0 Å². The molecule has 5 nitrogen and oxygen atoms in total. The number of nitrogens with zero attached hydrogens (tertiary/aromatic N) is 3. The third kappa shape index (κ3) is 3.04. The Morgan fingerprint density at radius 2 is 2.24 bits per heavy atom. The Morgan fingerprint density at radius 1 is 1.38 bits per heavy atom. The average molecular weight is 291 g/mol. The van der Waals surface area contributed by atoms with Crippen molar-refractivity contribution in [2.45, 2.75) is 51.2 Å². The first kappa shape index (κ1) is 14.7. The SMILES string of the molecule is CC(C)c1nccc(N2CCCC2C2COCCC2O)n1. The topological polar surface area (TPSA) is 58.5 Å². The van der Waals surface area contributed by atoms with Crippen LogP contribution < -0.4 is 4.90 Å². The van der Waals surface area contributed by atoms with Gasteiger partial charge in [-0.2, -0.15) is 0 Å². The molecule has 0 aliphatic carbocycles. The molecule has 0 bridgehead atoms. The van der Waals surface area contributed by atoms with Crippen LogP contribution in [0.2, 0.25) is 0 Å². The molecular formula is C16H25N3O2. The summed E-state index contributed by atoms with van der Waals surface area (Å²) in [5, 5.41) is 10.3. The van der Waals surface area contributed by atoms with Crippen LogP contribution in [0.1, 0.15) is 44.9 Å². The zero-order valence-electron chi connectivity index (χ0n) is 12.9. The van der Waals surface area contributed by atoms with E-state index in [1.54, 1.807) is 0 Å². The number of aliphatic hydroxyl groups is 1. The maximum atomic E-state index is 10.3. The minimum atomic E-state index is -0.254. The number of anilines is 1. The third-order valence-electron chi connectivity index (χ3n) is 4.63. The molecule has 2 aliphatic heterocycles. The summed E-state index contributed by atoms with van der Waals surface area (Å²) in [6.45, 7) is 6.56. The summed E-state index contributed by atoms with van der Waals surface area (Å²) in [5.41, 5.74) is 0. The van der Waals surface area contributed by atoms with Gasteiger partial charge in [-0.05, 0) is 25.3 Å². The van der Waals surface area contributed by atoms with Crippen molar-refractivity contribution < 1.29 is 9.84 Å². The fourth-order valence-corrected chi connectivity index (χ4v) is 3.44. The molecule has 2 saturated heterocycles. The van der Waals surface area contributed by atoms with Crippen LogP contribution in [0, 0.1) is 5.92 Å².